The number of hydrogen-bond acceptors (Lipinski definition) is 3. The Morgan fingerprint density at radius 3 is 2.22 bits per heavy atom. The molecule has 0 unspecified atom stereocenters. The second-order valence-corrected chi connectivity index (χ2v) is 6.11. The molecule has 0 saturated carbocycles. The third-order valence-electron chi connectivity index (χ3n) is 3.18. The molecule has 0 saturated heterocycles. The summed E-state index contributed by atoms with van der Waals surface area (Å²) in [6.07, 6.45) is 0.644. The minimum absolute atomic E-state index is 0.0685. The van der Waals surface area contributed by atoms with Crippen LogP contribution >= 0.6 is 27.3 Å². The van der Waals surface area contributed by atoms with E-state index >= 15 is 0 Å². The molecule has 0 radical (unpaired) electrons. The van der Waals surface area contributed by atoms with E-state index in [1.54, 1.807) is 11.3 Å². The fourth-order valence-corrected chi connectivity index (χ4v) is 2.97. The maximum absolute atomic E-state index is 9.73. The predicted octanol–water partition coefficient (Wildman–Crippen LogP) is 2.98. The third-order valence-corrected chi connectivity index (χ3v) is 4.45. The first kappa shape index (κ1) is 13.7. The lowest BCUT2D eigenvalue weighted by Gasteiger charge is -2.30. The summed E-state index contributed by atoms with van der Waals surface area (Å²) in [6, 6.07) is 9.79. The second kappa shape index (κ2) is 5.97. The molecule has 0 aliphatic rings. The maximum atomic E-state index is 9.73. The normalized spacial score (nSPS) is 11.7. The predicted molar refractivity (Wildman–Crippen MR) is 78.0 cm³/mol. The summed E-state index contributed by atoms with van der Waals surface area (Å²) in [5, 5.41) is 23.5. The Morgan fingerprint density at radius 2 is 1.72 bits per heavy atom. The van der Waals surface area contributed by atoms with Crippen molar-refractivity contribution in [3.8, 4) is 0 Å². The largest absolute Gasteiger partial charge is 0.395 e. The molecular weight excluding hydrogens is 312 g/mol. The summed E-state index contributed by atoms with van der Waals surface area (Å²) in [5.74, 6) is 0. The molecule has 1 aromatic carbocycles. The van der Waals surface area contributed by atoms with Crippen LogP contribution in [0.5, 0.6) is 0 Å². The van der Waals surface area contributed by atoms with Crippen molar-refractivity contribution in [3.05, 3.63) is 56.7 Å². The van der Waals surface area contributed by atoms with Gasteiger partial charge in [-0.3, -0.25) is 0 Å². The number of aliphatic hydroxyl groups excluding tert-OH is 2. The zero-order valence-corrected chi connectivity index (χ0v) is 12.2. The standard InChI is InChI=1S/C14H15BrO2S/c15-13-3-1-12(2-4-13)14(9-16,10-17)7-11-5-6-18-8-11/h1-6,8,16-17H,7,9-10H2. The Morgan fingerprint density at radius 1 is 1.06 bits per heavy atom. The van der Waals surface area contributed by atoms with Crippen molar-refractivity contribution in [1.82, 2.24) is 0 Å². The Kier molecular flexibility index (Phi) is 4.56. The molecule has 0 aliphatic heterocycles. The molecule has 96 valence electrons. The second-order valence-electron chi connectivity index (χ2n) is 4.41. The molecule has 18 heavy (non-hydrogen) atoms. The molecule has 0 atom stereocenters. The van der Waals surface area contributed by atoms with Crippen molar-refractivity contribution in [2.24, 2.45) is 0 Å². The van der Waals surface area contributed by atoms with Crippen molar-refractivity contribution in [2.75, 3.05) is 13.2 Å². The van der Waals surface area contributed by atoms with Gasteiger partial charge in [-0.25, -0.2) is 0 Å². The van der Waals surface area contributed by atoms with Gasteiger partial charge in [0.2, 0.25) is 0 Å². The molecule has 0 amide bonds. The monoisotopic (exact) mass is 326 g/mol. The fraction of sp³-hybridized carbons (Fsp3) is 0.286. The molecule has 0 spiro atoms. The highest BCUT2D eigenvalue weighted by Gasteiger charge is 2.31. The minimum atomic E-state index is -0.609. The number of aliphatic hydroxyl groups is 2. The van der Waals surface area contributed by atoms with Crippen LogP contribution in [0.3, 0.4) is 0 Å². The van der Waals surface area contributed by atoms with E-state index in [2.05, 4.69) is 21.3 Å². The summed E-state index contributed by atoms with van der Waals surface area (Å²) in [6.45, 7) is -0.137. The van der Waals surface area contributed by atoms with Crippen LogP contribution in [0.15, 0.2) is 45.6 Å². The molecule has 0 fully saturated rings. The lowest BCUT2D eigenvalue weighted by atomic mass is 9.77. The highest BCUT2D eigenvalue weighted by atomic mass is 79.9. The first-order chi connectivity index (χ1) is 8.70. The van der Waals surface area contributed by atoms with Gasteiger partial charge in [0.15, 0.2) is 0 Å². The van der Waals surface area contributed by atoms with Crippen LogP contribution in [0.4, 0.5) is 0 Å². The molecule has 2 nitrogen and oxygen atoms in total. The van der Waals surface area contributed by atoms with E-state index in [0.29, 0.717) is 6.42 Å². The van der Waals surface area contributed by atoms with Crippen molar-refractivity contribution in [1.29, 1.82) is 0 Å². The van der Waals surface area contributed by atoms with Crippen molar-refractivity contribution >= 4 is 27.3 Å². The first-order valence-electron chi connectivity index (χ1n) is 5.69. The van der Waals surface area contributed by atoms with Crippen molar-refractivity contribution < 1.29 is 10.2 Å². The Labute approximate surface area is 119 Å². The minimum Gasteiger partial charge on any atom is -0.395 e. The average molecular weight is 327 g/mol. The Bertz CT molecular complexity index is 475. The molecule has 1 heterocycles. The van der Waals surface area contributed by atoms with Crippen LogP contribution in [-0.2, 0) is 11.8 Å². The van der Waals surface area contributed by atoms with Gasteiger partial charge in [0.05, 0.1) is 13.2 Å². The molecule has 2 rings (SSSR count). The molecule has 0 aliphatic carbocycles. The Hall–Kier alpha value is -0.680. The zero-order chi connectivity index (χ0) is 13.0. The third kappa shape index (κ3) is 2.83. The topological polar surface area (TPSA) is 40.5 Å². The smallest absolute Gasteiger partial charge is 0.0553 e. The van der Waals surface area contributed by atoms with Gasteiger partial charge in [-0.2, -0.15) is 11.3 Å². The summed E-state index contributed by atoms with van der Waals surface area (Å²) in [5.41, 5.74) is 1.50. The van der Waals surface area contributed by atoms with E-state index in [0.717, 1.165) is 15.6 Å². The SMILES string of the molecule is OCC(CO)(Cc1ccsc1)c1ccc(Br)cc1. The lowest BCUT2D eigenvalue weighted by molar-refractivity contribution is 0.116. The van der Waals surface area contributed by atoms with Crippen LogP contribution < -0.4 is 0 Å². The number of thiophene rings is 1. The van der Waals surface area contributed by atoms with Crippen molar-refractivity contribution in [2.45, 2.75) is 11.8 Å². The number of benzene rings is 1. The van der Waals surface area contributed by atoms with Crippen LogP contribution in [0.1, 0.15) is 11.1 Å². The molecule has 2 aromatic rings. The number of rotatable bonds is 5. The number of hydrogen-bond donors (Lipinski definition) is 2. The summed E-state index contributed by atoms with van der Waals surface area (Å²) >= 11 is 5.02. The molecule has 1 aromatic heterocycles. The first-order valence-corrected chi connectivity index (χ1v) is 7.42. The van der Waals surface area contributed by atoms with Gasteiger partial charge in [0, 0.05) is 9.89 Å². The van der Waals surface area contributed by atoms with Gasteiger partial charge in [0.1, 0.15) is 0 Å². The van der Waals surface area contributed by atoms with Gasteiger partial charge >= 0.3 is 0 Å². The van der Waals surface area contributed by atoms with Gasteiger partial charge in [-0.05, 0) is 46.5 Å². The summed E-state index contributed by atoms with van der Waals surface area (Å²) in [4.78, 5) is 0. The van der Waals surface area contributed by atoms with E-state index in [1.165, 1.54) is 0 Å². The van der Waals surface area contributed by atoms with Crippen LogP contribution in [0, 0.1) is 0 Å². The van der Waals surface area contributed by atoms with E-state index in [4.69, 9.17) is 0 Å². The summed E-state index contributed by atoms with van der Waals surface area (Å²) < 4.78 is 0.992. The lowest BCUT2D eigenvalue weighted by Crippen LogP contribution is -2.37. The maximum Gasteiger partial charge on any atom is 0.0553 e. The van der Waals surface area contributed by atoms with Gasteiger partial charge in [-0.1, -0.05) is 28.1 Å². The van der Waals surface area contributed by atoms with Gasteiger partial charge < -0.3 is 10.2 Å². The summed E-state index contributed by atoms with van der Waals surface area (Å²) in [7, 11) is 0. The highest BCUT2D eigenvalue weighted by Crippen LogP contribution is 2.29. The molecule has 2 N–H and O–H groups in total. The highest BCUT2D eigenvalue weighted by molar-refractivity contribution is 9.10. The molecule has 4 heteroatoms. The number of halogens is 1. The zero-order valence-electron chi connectivity index (χ0n) is 9.84. The van der Waals surface area contributed by atoms with Crippen LogP contribution in [0.2, 0.25) is 0 Å². The van der Waals surface area contributed by atoms with Crippen LogP contribution in [0.25, 0.3) is 0 Å². The van der Waals surface area contributed by atoms with E-state index in [1.807, 2.05) is 35.7 Å². The van der Waals surface area contributed by atoms with E-state index < -0.39 is 5.41 Å². The fourth-order valence-electron chi connectivity index (χ4n) is 2.03. The van der Waals surface area contributed by atoms with E-state index in [9.17, 15) is 10.2 Å². The average Bonchev–Trinajstić information content (AvgIpc) is 2.90. The van der Waals surface area contributed by atoms with Crippen LogP contribution in [-0.4, -0.2) is 23.4 Å². The molecular formula is C14H15BrO2S. The quantitative estimate of drug-likeness (QED) is 0.886. The van der Waals surface area contributed by atoms with Gasteiger partial charge in [0.25, 0.3) is 0 Å². The van der Waals surface area contributed by atoms with E-state index in [-0.39, 0.29) is 13.2 Å². The Balaban J connectivity index is 2.33. The van der Waals surface area contributed by atoms with Gasteiger partial charge in [-0.15, -0.1) is 0 Å². The molecule has 0 bridgehead atoms. The van der Waals surface area contributed by atoms with Crippen molar-refractivity contribution in [3.63, 3.8) is 0 Å².